The zero-order chi connectivity index (χ0) is 21.2. The number of carbonyl (C=O) groups is 1. The lowest BCUT2D eigenvalue weighted by Gasteiger charge is -2.14. The number of nitrogens with zero attached hydrogens (tertiary/aromatic N) is 4. The third-order valence-electron chi connectivity index (χ3n) is 4.00. The fourth-order valence-electron chi connectivity index (χ4n) is 2.47. The monoisotopic (exact) mass is 422 g/mol. The lowest BCUT2D eigenvalue weighted by Crippen LogP contribution is -2.19. The van der Waals surface area contributed by atoms with E-state index in [0.29, 0.717) is 5.69 Å². The molecule has 0 saturated heterocycles. The van der Waals surface area contributed by atoms with E-state index >= 15 is 0 Å². The van der Waals surface area contributed by atoms with Gasteiger partial charge in [0, 0.05) is 18.0 Å². The van der Waals surface area contributed by atoms with Crippen LogP contribution in [0.1, 0.15) is 33.9 Å². The Bertz CT molecular complexity index is 1040. The van der Waals surface area contributed by atoms with Gasteiger partial charge < -0.3 is 15.6 Å². The zero-order valence-corrected chi connectivity index (χ0v) is 16.3. The molecule has 0 unspecified atom stereocenters. The third kappa shape index (κ3) is 4.86. The van der Waals surface area contributed by atoms with Crippen molar-refractivity contribution in [2.75, 3.05) is 11.1 Å². The van der Waals surface area contributed by atoms with E-state index in [1.807, 2.05) is 20.0 Å². The molecule has 7 nitrogen and oxygen atoms in total. The normalized spacial score (nSPS) is 12.6. The number of aryl methyl sites for hydroxylation is 1. The summed E-state index contributed by atoms with van der Waals surface area (Å²) in [6, 6.07) is 8.72. The van der Waals surface area contributed by atoms with Gasteiger partial charge in [-0.25, -0.2) is 4.98 Å². The summed E-state index contributed by atoms with van der Waals surface area (Å²) in [6.07, 6.45) is -3.08. The Morgan fingerprint density at radius 2 is 2.03 bits per heavy atom. The van der Waals surface area contributed by atoms with Crippen molar-refractivity contribution in [3.63, 3.8) is 0 Å². The van der Waals surface area contributed by atoms with Gasteiger partial charge in [-0.3, -0.25) is 4.79 Å². The number of thioether (sulfide) groups is 1. The number of nitrogen functional groups attached to an aromatic ring is 1. The van der Waals surface area contributed by atoms with Gasteiger partial charge in [0.05, 0.1) is 5.69 Å². The second kappa shape index (κ2) is 8.11. The second-order valence-corrected chi connectivity index (χ2v) is 7.50. The van der Waals surface area contributed by atoms with Crippen molar-refractivity contribution in [3.05, 3.63) is 59.7 Å². The van der Waals surface area contributed by atoms with Crippen molar-refractivity contribution >= 4 is 29.0 Å². The van der Waals surface area contributed by atoms with E-state index in [1.54, 1.807) is 29.1 Å². The molecule has 0 aliphatic rings. The molecule has 0 bridgehead atoms. The average molecular weight is 422 g/mol. The van der Waals surface area contributed by atoms with Crippen molar-refractivity contribution in [1.29, 1.82) is 0 Å². The Kier molecular flexibility index (Phi) is 5.78. The summed E-state index contributed by atoms with van der Waals surface area (Å²) in [5.74, 6) is -0.820. The standard InChI is InChI=1S/C18H17F3N6OS/c1-10(29-17-26-23-9-27(17)2)11-4-3-5-12(8-11)24-16(28)15-13(22)6-7-14(25-15)18(19,20)21/h3-10H,22H2,1-2H3,(H,24,28)/t10-/m0/s1. The minimum absolute atomic E-state index is 0.00787. The van der Waals surface area contributed by atoms with Crippen LogP contribution >= 0.6 is 11.8 Å². The molecule has 0 aliphatic heterocycles. The van der Waals surface area contributed by atoms with Crippen LogP contribution in [0.4, 0.5) is 24.5 Å². The lowest BCUT2D eigenvalue weighted by molar-refractivity contribution is -0.141. The van der Waals surface area contributed by atoms with Crippen LogP contribution in [0.5, 0.6) is 0 Å². The number of alkyl halides is 3. The Hall–Kier alpha value is -3.08. The number of anilines is 2. The molecule has 3 rings (SSSR count). The summed E-state index contributed by atoms with van der Waals surface area (Å²) in [5, 5.41) is 11.1. The molecule has 2 heterocycles. The van der Waals surface area contributed by atoms with Gasteiger partial charge in [-0.05, 0) is 36.8 Å². The highest BCUT2D eigenvalue weighted by atomic mass is 32.2. The zero-order valence-electron chi connectivity index (χ0n) is 15.4. The van der Waals surface area contributed by atoms with Crippen LogP contribution in [-0.4, -0.2) is 25.7 Å². The number of nitrogens with two attached hydrogens (primary N) is 1. The Morgan fingerprint density at radius 3 is 2.69 bits per heavy atom. The molecule has 29 heavy (non-hydrogen) atoms. The molecule has 2 aromatic heterocycles. The number of pyridine rings is 1. The van der Waals surface area contributed by atoms with Crippen molar-refractivity contribution in [1.82, 2.24) is 19.7 Å². The van der Waals surface area contributed by atoms with E-state index in [4.69, 9.17) is 5.73 Å². The number of rotatable bonds is 5. The van der Waals surface area contributed by atoms with E-state index in [1.165, 1.54) is 11.8 Å². The number of nitrogens with one attached hydrogen (secondary N) is 1. The quantitative estimate of drug-likeness (QED) is 0.605. The van der Waals surface area contributed by atoms with Gasteiger partial charge in [0.1, 0.15) is 12.0 Å². The minimum Gasteiger partial charge on any atom is -0.397 e. The average Bonchev–Trinajstić information content (AvgIpc) is 3.06. The highest BCUT2D eigenvalue weighted by molar-refractivity contribution is 7.99. The van der Waals surface area contributed by atoms with Crippen molar-refractivity contribution in [2.24, 2.45) is 7.05 Å². The van der Waals surface area contributed by atoms with Gasteiger partial charge in [-0.2, -0.15) is 13.2 Å². The van der Waals surface area contributed by atoms with Crippen LogP contribution in [0.15, 0.2) is 47.9 Å². The van der Waals surface area contributed by atoms with Crippen LogP contribution in [0.25, 0.3) is 0 Å². The van der Waals surface area contributed by atoms with Crippen LogP contribution in [0.2, 0.25) is 0 Å². The molecule has 0 radical (unpaired) electrons. The smallest absolute Gasteiger partial charge is 0.397 e. The summed E-state index contributed by atoms with van der Waals surface area (Å²) in [6.45, 7) is 1.96. The largest absolute Gasteiger partial charge is 0.433 e. The molecule has 0 aliphatic carbocycles. The van der Waals surface area contributed by atoms with Crippen molar-refractivity contribution < 1.29 is 18.0 Å². The first kappa shape index (κ1) is 20.6. The topological polar surface area (TPSA) is 98.7 Å². The molecule has 1 atom stereocenters. The van der Waals surface area contributed by atoms with Crippen molar-refractivity contribution in [3.8, 4) is 0 Å². The molecule has 0 spiro atoms. The number of carbonyl (C=O) groups excluding carboxylic acids is 1. The molecule has 1 aromatic carbocycles. The first-order chi connectivity index (χ1) is 13.6. The van der Waals surface area contributed by atoms with Crippen LogP contribution in [-0.2, 0) is 13.2 Å². The van der Waals surface area contributed by atoms with Gasteiger partial charge in [-0.15, -0.1) is 10.2 Å². The van der Waals surface area contributed by atoms with Crippen LogP contribution in [0.3, 0.4) is 0 Å². The number of benzene rings is 1. The van der Waals surface area contributed by atoms with E-state index in [-0.39, 0.29) is 10.9 Å². The molecule has 1 amide bonds. The number of hydrogen-bond donors (Lipinski definition) is 2. The molecule has 11 heteroatoms. The van der Waals surface area contributed by atoms with Gasteiger partial charge >= 0.3 is 6.18 Å². The molecular weight excluding hydrogens is 405 g/mol. The Balaban J connectivity index is 1.78. The van der Waals surface area contributed by atoms with E-state index in [9.17, 15) is 18.0 Å². The SMILES string of the molecule is C[C@H](Sc1nncn1C)c1cccc(NC(=O)c2nc(C(F)(F)F)ccc2N)c1. The minimum atomic E-state index is -4.67. The van der Waals surface area contributed by atoms with E-state index < -0.39 is 23.5 Å². The fraction of sp³-hybridized carbons (Fsp3) is 0.222. The highest BCUT2D eigenvalue weighted by Crippen LogP contribution is 2.34. The Labute approximate surface area is 168 Å². The van der Waals surface area contributed by atoms with E-state index in [2.05, 4.69) is 20.5 Å². The van der Waals surface area contributed by atoms with Crippen LogP contribution < -0.4 is 11.1 Å². The molecular formula is C18H17F3N6OS. The summed E-state index contributed by atoms with van der Waals surface area (Å²) < 4.78 is 40.4. The number of aromatic nitrogens is 4. The Morgan fingerprint density at radius 1 is 1.28 bits per heavy atom. The van der Waals surface area contributed by atoms with Crippen molar-refractivity contribution in [2.45, 2.75) is 23.5 Å². The van der Waals surface area contributed by atoms with Gasteiger partial charge in [0.25, 0.3) is 5.91 Å². The van der Waals surface area contributed by atoms with Crippen LogP contribution in [0, 0.1) is 0 Å². The predicted octanol–water partition coefficient (Wildman–Crippen LogP) is 3.92. The lowest BCUT2D eigenvalue weighted by atomic mass is 10.1. The first-order valence-electron chi connectivity index (χ1n) is 8.41. The fourth-order valence-corrected chi connectivity index (χ4v) is 3.38. The number of hydrogen-bond acceptors (Lipinski definition) is 6. The first-order valence-corrected chi connectivity index (χ1v) is 9.29. The second-order valence-electron chi connectivity index (χ2n) is 6.20. The number of amides is 1. The molecule has 0 saturated carbocycles. The predicted molar refractivity (Wildman–Crippen MR) is 103 cm³/mol. The third-order valence-corrected chi connectivity index (χ3v) is 5.20. The maximum absolute atomic E-state index is 12.9. The van der Waals surface area contributed by atoms with E-state index in [0.717, 1.165) is 22.9 Å². The molecule has 3 N–H and O–H groups in total. The molecule has 152 valence electrons. The highest BCUT2D eigenvalue weighted by Gasteiger charge is 2.33. The van der Waals surface area contributed by atoms with Gasteiger partial charge in [0.2, 0.25) is 0 Å². The van der Waals surface area contributed by atoms with Gasteiger partial charge in [0.15, 0.2) is 10.9 Å². The summed E-state index contributed by atoms with van der Waals surface area (Å²) in [4.78, 5) is 15.8. The maximum atomic E-state index is 12.9. The summed E-state index contributed by atoms with van der Waals surface area (Å²) in [7, 11) is 1.83. The number of halogens is 3. The molecule has 3 aromatic rings. The van der Waals surface area contributed by atoms with Gasteiger partial charge in [-0.1, -0.05) is 23.9 Å². The summed E-state index contributed by atoms with van der Waals surface area (Å²) >= 11 is 1.48. The maximum Gasteiger partial charge on any atom is 0.433 e. The summed E-state index contributed by atoms with van der Waals surface area (Å²) in [5.41, 5.74) is 5.15. The molecule has 0 fully saturated rings.